The van der Waals surface area contributed by atoms with Crippen LogP contribution in [0.2, 0.25) is 0 Å². The first-order valence-electron chi connectivity index (χ1n) is 6.58. The van der Waals surface area contributed by atoms with Gasteiger partial charge < -0.3 is 20.1 Å². The van der Waals surface area contributed by atoms with E-state index in [4.69, 9.17) is 9.47 Å². The van der Waals surface area contributed by atoms with Crippen molar-refractivity contribution in [2.45, 2.75) is 19.1 Å². The molecule has 20 heavy (non-hydrogen) atoms. The van der Waals surface area contributed by atoms with Gasteiger partial charge in [-0.3, -0.25) is 4.79 Å². The molecular weight excluding hydrogens is 263 g/mol. The zero-order valence-corrected chi connectivity index (χ0v) is 11.6. The molecule has 1 aromatic rings. The number of morpholine rings is 1. The quantitative estimate of drug-likeness (QED) is 0.865. The average Bonchev–Trinajstić information content (AvgIpc) is 2.48. The summed E-state index contributed by atoms with van der Waals surface area (Å²) in [5.41, 5.74) is 0.681. The first kappa shape index (κ1) is 14.7. The second kappa shape index (κ2) is 6.67. The number of hydrogen-bond acceptors (Lipinski definition) is 4. The van der Waals surface area contributed by atoms with E-state index >= 15 is 0 Å². The van der Waals surface area contributed by atoms with Gasteiger partial charge in [0.15, 0.2) is 11.6 Å². The van der Waals surface area contributed by atoms with Crippen LogP contribution in [0.4, 0.5) is 4.39 Å². The fourth-order valence-corrected chi connectivity index (χ4v) is 2.08. The highest BCUT2D eigenvalue weighted by Crippen LogP contribution is 2.21. The molecule has 1 amide bonds. The molecule has 0 aromatic heterocycles. The molecule has 1 fully saturated rings. The van der Waals surface area contributed by atoms with E-state index < -0.39 is 11.9 Å². The second-order valence-corrected chi connectivity index (χ2v) is 4.69. The van der Waals surface area contributed by atoms with Crippen LogP contribution in [0.5, 0.6) is 5.75 Å². The summed E-state index contributed by atoms with van der Waals surface area (Å²) in [6.45, 7) is 3.57. The number of amides is 1. The number of ether oxygens (including phenoxy) is 2. The highest BCUT2D eigenvalue weighted by atomic mass is 19.1. The predicted octanol–water partition coefficient (Wildman–Crippen LogP) is 1.000. The van der Waals surface area contributed by atoms with Crippen molar-refractivity contribution >= 4 is 5.91 Å². The number of benzene rings is 1. The lowest BCUT2D eigenvalue weighted by atomic mass is 10.1. The van der Waals surface area contributed by atoms with Gasteiger partial charge >= 0.3 is 0 Å². The molecule has 6 heteroatoms. The normalized spacial score (nSPS) is 20.2. The van der Waals surface area contributed by atoms with Crippen LogP contribution in [-0.2, 0) is 9.53 Å². The molecule has 1 aromatic carbocycles. The van der Waals surface area contributed by atoms with Crippen LogP contribution >= 0.6 is 0 Å². The van der Waals surface area contributed by atoms with E-state index in [0.717, 1.165) is 6.54 Å². The third-order valence-electron chi connectivity index (χ3n) is 3.25. The van der Waals surface area contributed by atoms with Gasteiger partial charge in [0.2, 0.25) is 0 Å². The number of nitrogens with one attached hydrogen (secondary N) is 2. The van der Waals surface area contributed by atoms with Crippen LogP contribution in [0.1, 0.15) is 18.5 Å². The summed E-state index contributed by atoms with van der Waals surface area (Å²) in [4.78, 5) is 12.0. The maximum atomic E-state index is 13.6. The number of hydrogen-bond donors (Lipinski definition) is 2. The van der Waals surface area contributed by atoms with Gasteiger partial charge in [-0.25, -0.2) is 4.39 Å². The van der Waals surface area contributed by atoms with Crippen molar-refractivity contribution in [1.29, 1.82) is 0 Å². The number of rotatable bonds is 4. The van der Waals surface area contributed by atoms with E-state index in [9.17, 15) is 9.18 Å². The summed E-state index contributed by atoms with van der Waals surface area (Å²) in [7, 11) is 1.41. The van der Waals surface area contributed by atoms with Crippen LogP contribution in [0.15, 0.2) is 18.2 Å². The van der Waals surface area contributed by atoms with Crippen LogP contribution in [0, 0.1) is 5.82 Å². The molecule has 1 heterocycles. The van der Waals surface area contributed by atoms with Gasteiger partial charge in [0.25, 0.3) is 5.91 Å². The SMILES string of the molecule is COc1ccc(C(C)NC(=O)C2CNCCO2)cc1F. The maximum Gasteiger partial charge on any atom is 0.250 e. The van der Waals surface area contributed by atoms with Crippen LogP contribution < -0.4 is 15.4 Å². The van der Waals surface area contributed by atoms with Gasteiger partial charge in [-0.2, -0.15) is 0 Å². The largest absolute Gasteiger partial charge is 0.494 e. The molecule has 0 radical (unpaired) electrons. The molecule has 5 nitrogen and oxygen atoms in total. The Morgan fingerprint density at radius 3 is 3.00 bits per heavy atom. The molecular formula is C14H19FN2O3. The lowest BCUT2D eigenvalue weighted by Gasteiger charge is -2.24. The van der Waals surface area contributed by atoms with Gasteiger partial charge in [-0.1, -0.05) is 6.07 Å². The van der Waals surface area contributed by atoms with Crippen molar-refractivity contribution < 1.29 is 18.7 Å². The lowest BCUT2D eigenvalue weighted by Crippen LogP contribution is -2.48. The molecule has 110 valence electrons. The Hall–Kier alpha value is -1.66. The minimum atomic E-state index is -0.491. The Morgan fingerprint density at radius 1 is 1.60 bits per heavy atom. The van der Waals surface area contributed by atoms with E-state index in [1.807, 2.05) is 0 Å². The maximum absolute atomic E-state index is 13.6. The Bertz CT molecular complexity index is 475. The summed E-state index contributed by atoms with van der Waals surface area (Å²) in [6, 6.07) is 4.34. The van der Waals surface area contributed by atoms with Gasteiger partial charge in [-0.15, -0.1) is 0 Å². The highest BCUT2D eigenvalue weighted by Gasteiger charge is 2.23. The molecule has 0 bridgehead atoms. The average molecular weight is 282 g/mol. The van der Waals surface area contributed by atoms with Crippen LogP contribution in [0.3, 0.4) is 0 Å². The fraction of sp³-hybridized carbons (Fsp3) is 0.500. The Labute approximate surface area is 117 Å². The van der Waals surface area contributed by atoms with Gasteiger partial charge in [0.1, 0.15) is 6.10 Å². The Kier molecular flexibility index (Phi) is 4.92. The molecule has 2 N–H and O–H groups in total. The van der Waals surface area contributed by atoms with E-state index in [1.165, 1.54) is 13.2 Å². The summed E-state index contributed by atoms with van der Waals surface area (Å²) < 4.78 is 23.9. The molecule has 0 spiro atoms. The topological polar surface area (TPSA) is 59.6 Å². The monoisotopic (exact) mass is 282 g/mol. The molecule has 0 saturated carbocycles. The first-order chi connectivity index (χ1) is 9.61. The van der Waals surface area contributed by atoms with Crippen LogP contribution in [-0.4, -0.2) is 38.8 Å². The smallest absolute Gasteiger partial charge is 0.250 e. The summed E-state index contributed by atoms with van der Waals surface area (Å²) in [5, 5.41) is 5.91. The van der Waals surface area contributed by atoms with E-state index in [1.54, 1.807) is 19.1 Å². The standard InChI is InChI=1S/C14H19FN2O3/c1-9(10-3-4-12(19-2)11(15)7-10)17-14(18)13-8-16-5-6-20-13/h3-4,7,9,13,16H,5-6,8H2,1-2H3,(H,17,18). The van der Waals surface area contributed by atoms with Crippen LogP contribution in [0.25, 0.3) is 0 Å². The molecule has 1 saturated heterocycles. The van der Waals surface area contributed by atoms with Crippen molar-refractivity contribution in [1.82, 2.24) is 10.6 Å². The number of methoxy groups -OCH3 is 1. The fourth-order valence-electron chi connectivity index (χ4n) is 2.08. The van der Waals surface area contributed by atoms with Crippen molar-refractivity contribution in [3.63, 3.8) is 0 Å². The summed E-state index contributed by atoms with van der Waals surface area (Å²) >= 11 is 0. The van der Waals surface area contributed by atoms with Crippen molar-refractivity contribution in [2.24, 2.45) is 0 Å². The molecule has 2 atom stereocenters. The molecule has 0 aliphatic carbocycles. The van der Waals surface area contributed by atoms with E-state index in [0.29, 0.717) is 18.7 Å². The van der Waals surface area contributed by atoms with Crippen molar-refractivity contribution in [2.75, 3.05) is 26.8 Å². The lowest BCUT2D eigenvalue weighted by molar-refractivity contribution is -0.134. The van der Waals surface area contributed by atoms with Gasteiger partial charge in [0.05, 0.1) is 19.8 Å². The summed E-state index contributed by atoms with van der Waals surface area (Å²) in [6.07, 6.45) is -0.491. The zero-order chi connectivity index (χ0) is 14.5. The summed E-state index contributed by atoms with van der Waals surface area (Å²) in [5.74, 6) is -0.449. The highest BCUT2D eigenvalue weighted by molar-refractivity contribution is 5.81. The number of carbonyl (C=O) groups excluding carboxylic acids is 1. The minimum Gasteiger partial charge on any atom is -0.494 e. The first-order valence-corrected chi connectivity index (χ1v) is 6.58. The third kappa shape index (κ3) is 3.46. The number of carbonyl (C=O) groups is 1. The van der Waals surface area contributed by atoms with Gasteiger partial charge in [-0.05, 0) is 24.6 Å². The van der Waals surface area contributed by atoms with E-state index in [2.05, 4.69) is 10.6 Å². The minimum absolute atomic E-state index is 0.187. The predicted molar refractivity (Wildman–Crippen MR) is 72.1 cm³/mol. The van der Waals surface area contributed by atoms with Gasteiger partial charge in [0, 0.05) is 13.1 Å². The zero-order valence-electron chi connectivity index (χ0n) is 11.6. The van der Waals surface area contributed by atoms with E-state index in [-0.39, 0.29) is 17.7 Å². The van der Waals surface area contributed by atoms with Crippen molar-refractivity contribution in [3.8, 4) is 5.75 Å². The number of halogens is 1. The molecule has 1 aliphatic heterocycles. The second-order valence-electron chi connectivity index (χ2n) is 4.69. The Balaban J connectivity index is 1.98. The van der Waals surface area contributed by atoms with Crippen molar-refractivity contribution in [3.05, 3.63) is 29.6 Å². The third-order valence-corrected chi connectivity index (χ3v) is 3.25. The molecule has 1 aliphatic rings. The Morgan fingerprint density at radius 2 is 2.40 bits per heavy atom. The molecule has 2 rings (SSSR count). The molecule has 2 unspecified atom stereocenters.